The molecule has 0 heterocycles. The largest absolute Gasteiger partial charge is 0.370 e. The first kappa shape index (κ1) is 11.2. The van der Waals surface area contributed by atoms with E-state index >= 15 is 0 Å². The Morgan fingerprint density at radius 1 is 1.67 bits per heavy atom. The molecule has 1 unspecified atom stereocenters. The number of nitriles is 1. The smallest absolute Gasteiger partial charge is 0.120 e. The van der Waals surface area contributed by atoms with Crippen LogP contribution in [0.5, 0.6) is 0 Å². The summed E-state index contributed by atoms with van der Waals surface area (Å²) in [7, 11) is 0. The summed E-state index contributed by atoms with van der Waals surface area (Å²) in [6, 6.07) is 8.43. The molecule has 1 aromatic carbocycles. The fourth-order valence-corrected chi connectivity index (χ4v) is 1.21. The van der Waals surface area contributed by atoms with Crippen LogP contribution in [-0.4, -0.2) is 12.6 Å². The molecule has 0 aliphatic carbocycles. The molecular weight excluding hydrogens is 214 g/mol. The molecule has 0 fully saturated rings. The average Bonchev–Trinajstić information content (AvgIpc) is 2.24. The predicted octanol–water partition coefficient (Wildman–Crippen LogP) is 2.95. The SMILES string of the molecule is N#CC(CN=[N+]=[N-])Nc1cccc(Cl)c1. The van der Waals surface area contributed by atoms with Gasteiger partial charge in [-0.05, 0) is 23.7 Å². The number of benzene rings is 1. The van der Waals surface area contributed by atoms with Gasteiger partial charge in [0.1, 0.15) is 6.04 Å². The van der Waals surface area contributed by atoms with Gasteiger partial charge in [0.2, 0.25) is 0 Å². The van der Waals surface area contributed by atoms with Crippen molar-refractivity contribution in [2.24, 2.45) is 5.11 Å². The van der Waals surface area contributed by atoms with Crippen molar-refractivity contribution in [2.75, 3.05) is 11.9 Å². The topological polar surface area (TPSA) is 84.6 Å². The summed E-state index contributed by atoms with van der Waals surface area (Å²) in [5.74, 6) is 0. The van der Waals surface area contributed by atoms with Gasteiger partial charge in [0.25, 0.3) is 0 Å². The number of nitrogens with one attached hydrogen (secondary N) is 1. The lowest BCUT2D eigenvalue weighted by Crippen LogP contribution is -2.20. The van der Waals surface area contributed by atoms with E-state index in [4.69, 9.17) is 22.4 Å². The van der Waals surface area contributed by atoms with Crippen LogP contribution in [0.15, 0.2) is 29.4 Å². The molecule has 1 aromatic rings. The highest BCUT2D eigenvalue weighted by molar-refractivity contribution is 6.30. The zero-order valence-corrected chi connectivity index (χ0v) is 8.52. The van der Waals surface area contributed by atoms with Crippen LogP contribution in [0, 0.1) is 11.3 Å². The van der Waals surface area contributed by atoms with Gasteiger partial charge in [-0.15, -0.1) is 0 Å². The van der Waals surface area contributed by atoms with Crippen LogP contribution in [0.2, 0.25) is 5.02 Å². The van der Waals surface area contributed by atoms with Crippen LogP contribution >= 0.6 is 11.6 Å². The molecule has 0 aliphatic rings. The number of azide groups is 1. The zero-order valence-electron chi connectivity index (χ0n) is 7.76. The predicted molar refractivity (Wildman–Crippen MR) is 58.5 cm³/mol. The lowest BCUT2D eigenvalue weighted by Gasteiger charge is -2.10. The molecule has 1 N–H and O–H groups in total. The van der Waals surface area contributed by atoms with E-state index in [9.17, 15) is 0 Å². The fourth-order valence-electron chi connectivity index (χ4n) is 1.02. The van der Waals surface area contributed by atoms with Gasteiger partial charge in [0.15, 0.2) is 0 Å². The van der Waals surface area contributed by atoms with Gasteiger partial charge in [-0.25, -0.2) is 0 Å². The molecular formula is C9H8ClN5. The number of hydrogen-bond donors (Lipinski definition) is 1. The Bertz CT molecular complexity index is 419. The molecule has 0 aliphatic heterocycles. The summed E-state index contributed by atoms with van der Waals surface area (Å²) >= 11 is 5.77. The van der Waals surface area contributed by atoms with E-state index in [1.807, 2.05) is 6.07 Å². The van der Waals surface area contributed by atoms with Gasteiger partial charge in [0.05, 0.1) is 12.6 Å². The van der Waals surface area contributed by atoms with Gasteiger partial charge >= 0.3 is 0 Å². The highest BCUT2D eigenvalue weighted by Crippen LogP contribution is 2.15. The van der Waals surface area contributed by atoms with Crippen molar-refractivity contribution in [3.05, 3.63) is 39.7 Å². The van der Waals surface area contributed by atoms with Gasteiger partial charge in [-0.1, -0.05) is 22.8 Å². The van der Waals surface area contributed by atoms with E-state index in [0.717, 1.165) is 5.69 Å². The molecule has 15 heavy (non-hydrogen) atoms. The molecule has 0 aromatic heterocycles. The number of anilines is 1. The first-order valence-electron chi connectivity index (χ1n) is 4.19. The zero-order chi connectivity index (χ0) is 11.1. The molecule has 1 rings (SSSR count). The molecule has 5 nitrogen and oxygen atoms in total. The van der Waals surface area contributed by atoms with Crippen molar-refractivity contribution in [3.8, 4) is 6.07 Å². The lowest BCUT2D eigenvalue weighted by molar-refractivity contribution is 0.880. The third-order valence-electron chi connectivity index (χ3n) is 1.65. The van der Waals surface area contributed by atoms with Crippen molar-refractivity contribution in [1.82, 2.24) is 0 Å². The Labute approximate surface area is 91.9 Å². The Kier molecular flexibility index (Phi) is 4.30. The number of hydrogen-bond acceptors (Lipinski definition) is 3. The Hall–Kier alpha value is -1.89. The summed E-state index contributed by atoms with van der Waals surface area (Å²) < 4.78 is 0. The molecule has 0 bridgehead atoms. The third kappa shape index (κ3) is 3.77. The summed E-state index contributed by atoms with van der Waals surface area (Å²) in [5, 5.41) is 15.6. The van der Waals surface area contributed by atoms with E-state index in [1.54, 1.807) is 24.3 Å². The van der Waals surface area contributed by atoms with Gasteiger partial charge in [-0.2, -0.15) is 5.26 Å². The van der Waals surface area contributed by atoms with Crippen molar-refractivity contribution < 1.29 is 0 Å². The minimum Gasteiger partial charge on any atom is -0.370 e. The maximum atomic E-state index is 8.75. The highest BCUT2D eigenvalue weighted by atomic mass is 35.5. The Balaban J connectivity index is 2.67. The van der Waals surface area contributed by atoms with E-state index in [-0.39, 0.29) is 6.54 Å². The minimum atomic E-state index is -0.542. The summed E-state index contributed by atoms with van der Waals surface area (Å²) in [6.45, 7) is 0.0829. The van der Waals surface area contributed by atoms with Crippen LogP contribution in [-0.2, 0) is 0 Å². The highest BCUT2D eigenvalue weighted by Gasteiger charge is 2.05. The van der Waals surface area contributed by atoms with Crippen LogP contribution in [0.1, 0.15) is 0 Å². The molecule has 6 heteroatoms. The standard InChI is InChI=1S/C9H8ClN5/c10-7-2-1-3-8(4-7)14-9(5-11)6-13-15-12/h1-4,9,14H,6H2. The van der Waals surface area contributed by atoms with E-state index in [0.29, 0.717) is 5.02 Å². The first-order valence-corrected chi connectivity index (χ1v) is 4.56. The van der Waals surface area contributed by atoms with Crippen LogP contribution in [0.25, 0.3) is 10.4 Å². The van der Waals surface area contributed by atoms with Gasteiger partial charge < -0.3 is 5.32 Å². The Morgan fingerprint density at radius 3 is 3.07 bits per heavy atom. The second-order valence-corrected chi connectivity index (χ2v) is 3.19. The first-order chi connectivity index (χ1) is 7.26. The van der Waals surface area contributed by atoms with Gasteiger partial charge in [-0.3, -0.25) is 0 Å². The molecule has 76 valence electrons. The molecule has 0 saturated heterocycles. The summed E-state index contributed by atoms with van der Waals surface area (Å²) in [5.41, 5.74) is 8.85. The van der Waals surface area contributed by atoms with Crippen molar-refractivity contribution in [2.45, 2.75) is 6.04 Å². The lowest BCUT2D eigenvalue weighted by atomic mass is 10.2. The molecule has 0 amide bonds. The third-order valence-corrected chi connectivity index (χ3v) is 1.88. The second-order valence-electron chi connectivity index (χ2n) is 2.75. The number of nitrogens with zero attached hydrogens (tertiary/aromatic N) is 4. The quantitative estimate of drug-likeness (QED) is 0.482. The number of rotatable bonds is 4. The van der Waals surface area contributed by atoms with E-state index in [2.05, 4.69) is 15.3 Å². The van der Waals surface area contributed by atoms with E-state index in [1.165, 1.54) is 0 Å². The van der Waals surface area contributed by atoms with Crippen LogP contribution in [0.3, 0.4) is 0 Å². The molecule has 0 spiro atoms. The molecule has 0 radical (unpaired) electrons. The van der Waals surface area contributed by atoms with Crippen LogP contribution in [0.4, 0.5) is 5.69 Å². The van der Waals surface area contributed by atoms with Gasteiger partial charge in [0, 0.05) is 15.6 Å². The van der Waals surface area contributed by atoms with Crippen molar-refractivity contribution >= 4 is 17.3 Å². The monoisotopic (exact) mass is 221 g/mol. The number of halogens is 1. The van der Waals surface area contributed by atoms with E-state index < -0.39 is 6.04 Å². The van der Waals surface area contributed by atoms with Crippen molar-refractivity contribution in [1.29, 1.82) is 5.26 Å². The fraction of sp³-hybridized carbons (Fsp3) is 0.222. The maximum absolute atomic E-state index is 8.75. The normalized spacial score (nSPS) is 10.9. The van der Waals surface area contributed by atoms with Crippen LogP contribution < -0.4 is 5.32 Å². The second kappa shape index (κ2) is 5.76. The maximum Gasteiger partial charge on any atom is 0.120 e. The average molecular weight is 222 g/mol. The molecule has 0 saturated carbocycles. The van der Waals surface area contributed by atoms with Crippen molar-refractivity contribution in [3.63, 3.8) is 0 Å². The minimum absolute atomic E-state index is 0.0829. The summed E-state index contributed by atoms with van der Waals surface area (Å²) in [4.78, 5) is 2.59. The molecule has 1 atom stereocenters. The summed E-state index contributed by atoms with van der Waals surface area (Å²) in [6.07, 6.45) is 0. The Morgan fingerprint density at radius 2 is 2.47 bits per heavy atom.